The third-order valence-electron chi connectivity index (χ3n) is 3.48. The van der Waals surface area contributed by atoms with Gasteiger partial charge < -0.3 is 5.32 Å². The first-order valence-corrected chi connectivity index (χ1v) is 8.85. The Morgan fingerprint density at radius 2 is 2.00 bits per heavy atom. The molecule has 114 valence electrons. The highest BCUT2D eigenvalue weighted by Crippen LogP contribution is 2.31. The number of hydrogen-bond donors (Lipinski definition) is 1. The minimum absolute atomic E-state index is 0.244. The van der Waals surface area contributed by atoms with Crippen LogP contribution >= 0.6 is 22.7 Å². The Morgan fingerprint density at radius 3 is 2.74 bits per heavy atom. The topological polar surface area (TPSA) is 62.5 Å². The van der Waals surface area contributed by atoms with Gasteiger partial charge in [-0.25, -0.2) is 15.0 Å². The van der Waals surface area contributed by atoms with Gasteiger partial charge in [-0.3, -0.25) is 4.99 Å². The van der Waals surface area contributed by atoms with Gasteiger partial charge in [0.1, 0.15) is 10.8 Å². The van der Waals surface area contributed by atoms with E-state index >= 15 is 0 Å². The molecule has 4 rings (SSSR count). The van der Waals surface area contributed by atoms with Crippen LogP contribution in [0.15, 0.2) is 57.4 Å². The fourth-order valence-corrected chi connectivity index (χ4v) is 3.86. The van der Waals surface area contributed by atoms with E-state index in [1.165, 1.54) is 0 Å². The van der Waals surface area contributed by atoms with Crippen LogP contribution in [-0.2, 0) is 0 Å². The Kier molecular flexibility index (Phi) is 3.72. The molecule has 0 radical (unpaired) electrons. The van der Waals surface area contributed by atoms with Crippen molar-refractivity contribution in [1.29, 1.82) is 0 Å². The van der Waals surface area contributed by atoms with Crippen molar-refractivity contribution < 1.29 is 0 Å². The molecule has 0 bridgehead atoms. The van der Waals surface area contributed by atoms with E-state index in [4.69, 9.17) is 9.98 Å². The second-order valence-electron chi connectivity index (χ2n) is 4.85. The van der Waals surface area contributed by atoms with Crippen molar-refractivity contribution >= 4 is 40.0 Å². The zero-order chi connectivity index (χ0) is 15.6. The maximum absolute atomic E-state index is 5.00. The quantitative estimate of drug-likeness (QED) is 0.778. The van der Waals surface area contributed by atoms with Crippen LogP contribution in [0.3, 0.4) is 0 Å². The Balaban J connectivity index is 1.96. The Bertz CT molecular complexity index is 866. The van der Waals surface area contributed by atoms with Gasteiger partial charge in [-0.15, -0.1) is 22.7 Å². The minimum atomic E-state index is -0.244. The number of nitrogens with zero attached hydrogens (tertiary/aromatic N) is 4. The van der Waals surface area contributed by atoms with E-state index in [9.17, 15) is 0 Å². The molecule has 1 aliphatic heterocycles. The second-order valence-corrected chi connectivity index (χ2v) is 6.72. The van der Waals surface area contributed by atoms with Crippen LogP contribution in [0.25, 0.3) is 0 Å². The molecule has 0 aliphatic carbocycles. The van der Waals surface area contributed by atoms with Crippen LogP contribution < -0.4 is 5.32 Å². The van der Waals surface area contributed by atoms with Crippen molar-refractivity contribution in [3.63, 3.8) is 0 Å². The first kappa shape index (κ1) is 14.2. The largest absolute Gasteiger partial charge is 0.374 e. The van der Waals surface area contributed by atoms with E-state index in [-0.39, 0.29) is 6.04 Å². The Labute approximate surface area is 141 Å². The summed E-state index contributed by atoms with van der Waals surface area (Å²) in [7, 11) is 1.85. The summed E-state index contributed by atoms with van der Waals surface area (Å²) in [5, 5.41) is 8.09. The number of hydrogen-bond acceptors (Lipinski definition) is 7. The lowest BCUT2D eigenvalue weighted by Gasteiger charge is -2.12. The summed E-state index contributed by atoms with van der Waals surface area (Å²) >= 11 is 3.24. The number of pyridine rings is 1. The molecule has 0 amide bonds. The lowest BCUT2D eigenvalue weighted by atomic mass is 10.1. The molecule has 3 aromatic heterocycles. The van der Waals surface area contributed by atoms with Crippen molar-refractivity contribution in [1.82, 2.24) is 15.3 Å². The highest BCUT2D eigenvalue weighted by atomic mass is 32.1. The molecule has 0 fully saturated rings. The minimum Gasteiger partial charge on any atom is -0.374 e. The van der Waals surface area contributed by atoms with E-state index < -0.39 is 0 Å². The number of amidine groups is 1. The van der Waals surface area contributed by atoms with Crippen LogP contribution in [0.4, 0.5) is 5.82 Å². The predicted octanol–water partition coefficient (Wildman–Crippen LogP) is 3.44. The summed E-state index contributed by atoms with van der Waals surface area (Å²) in [5.74, 6) is 1.44. The Morgan fingerprint density at radius 1 is 1.04 bits per heavy atom. The van der Waals surface area contributed by atoms with Gasteiger partial charge in [0.25, 0.3) is 0 Å². The van der Waals surface area contributed by atoms with Crippen molar-refractivity contribution in [3.8, 4) is 0 Å². The SMILES string of the molecule is CNC1=Nc2ncccc2C(c2cccs2)=NC1c1nccs1. The van der Waals surface area contributed by atoms with E-state index in [0.29, 0.717) is 5.82 Å². The number of thiazole rings is 1. The average molecular weight is 339 g/mol. The van der Waals surface area contributed by atoms with Gasteiger partial charge in [0, 0.05) is 30.4 Å². The van der Waals surface area contributed by atoms with Gasteiger partial charge in [0.05, 0.1) is 10.6 Å². The van der Waals surface area contributed by atoms with Crippen molar-refractivity contribution in [3.05, 3.63) is 62.9 Å². The van der Waals surface area contributed by atoms with Crippen LogP contribution in [0, 0.1) is 0 Å². The first-order chi connectivity index (χ1) is 11.4. The highest BCUT2D eigenvalue weighted by molar-refractivity contribution is 7.12. The summed E-state index contributed by atoms with van der Waals surface area (Å²) in [6.45, 7) is 0. The number of rotatable bonds is 2. The molecular weight excluding hydrogens is 326 g/mol. The van der Waals surface area contributed by atoms with Gasteiger partial charge in [-0.1, -0.05) is 6.07 Å². The molecule has 0 aromatic carbocycles. The molecule has 7 heteroatoms. The van der Waals surface area contributed by atoms with E-state index in [1.54, 1.807) is 35.1 Å². The van der Waals surface area contributed by atoms with E-state index in [2.05, 4.69) is 26.7 Å². The van der Waals surface area contributed by atoms with Crippen LogP contribution in [0.2, 0.25) is 0 Å². The molecule has 1 aliphatic rings. The molecular formula is C16H13N5S2. The zero-order valence-electron chi connectivity index (χ0n) is 12.3. The normalized spacial score (nSPS) is 17.0. The average Bonchev–Trinajstić information content (AvgIpc) is 3.26. The smallest absolute Gasteiger partial charge is 0.163 e. The number of nitrogens with one attached hydrogen (secondary N) is 1. The fourth-order valence-electron chi connectivity index (χ4n) is 2.45. The van der Waals surface area contributed by atoms with Gasteiger partial charge >= 0.3 is 0 Å². The van der Waals surface area contributed by atoms with Gasteiger partial charge in [-0.2, -0.15) is 0 Å². The van der Waals surface area contributed by atoms with Crippen LogP contribution in [-0.4, -0.2) is 28.6 Å². The molecule has 3 aromatic rings. The van der Waals surface area contributed by atoms with E-state index in [0.717, 1.165) is 27.0 Å². The van der Waals surface area contributed by atoms with Crippen LogP contribution in [0.5, 0.6) is 0 Å². The summed E-state index contributed by atoms with van der Waals surface area (Å²) < 4.78 is 0. The monoisotopic (exact) mass is 339 g/mol. The molecule has 4 heterocycles. The van der Waals surface area contributed by atoms with Crippen molar-refractivity contribution in [2.24, 2.45) is 9.98 Å². The summed E-state index contributed by atoms with van der Waals surface area (Å²) in [6, 6.07) is 7.79. The molecule has 0 saturated carbocycles. The third kappa shape index (κ3) is 2.58. The summed E-state index contributed by atoms with van der Waals surface area (Å²) in [4.78, 5) is 19.7. The standard InChI is InChI=1S/C16H13N5S2/c1-17-15-13(16-19-7-9-23-16)20-12(11-5-3-8-22-11)10-4-2-6-18-14(10)21-15/h2-9,13H,1H3,(H,17,18,21). The molecule has 0 spiro atoms. The number of thiophene rings is 1. The molecule has 5 nitrogen and oxygen atoms in total. The number of aliphatic imine (C=N–C) groups is 2. The predicted molar refractivity (Wildman–Crippen MR) is 95.2 cm³/mol. The molecule has 1 unspecified atom stereocenters. The first-order valence-electron chi connectivity index (χ1n) is 7.09. The lowest BCUT2D eigenvalue weighted by Crippen LogP contribution is -2.25. The van der Waals surface area contributed by atoms with Crippen molar-refractivity contribution in [2.45, 2.75) is 6.04 Å². The Hall–Kier alpha value is -2.38. The zero-order valence-corrected chi connectivity index (χ0v) is 13.9. The summed E-state index contributed by atoms with van der Waals surface area (Å²) in [5.41, 5.74) is 1.86. The number of aromatic nitrogens is 2. The molecule has 23 heavy (non-hydrogen) atoms. The van der Waals surface area contributed by atoms with Gasteiger partial charge in [0.2, 0.25) is 0 Å². The van der Waals surface area contributed by atoms with Crippen LogP contribution in [0.1, 0.15) is 21.5 Å². The van der Waals surface area contributed by atoms with Crippen molar-refractivity contribution in [2.75, 3.05) is 7.05 Å². The fraction of sp³-hybridized carbons (Fsp3) is 0.125. The van der Waals surface area contributed by atoms with Gasteiger partial charge in [-0.05, 0) is 23.6 Å². The highest BCUT2D eigenvalue weighted by Gasteiger charge is 2.26. The number of fused-ring (bicyclic) bond motifs is 1. The number of likely N-dealkylation sites (N-methyl/N-ethyl adjacent to an activating group) is 1. The molecule has 1 atom stereocenters. The maximum Gasteiger partial charge on any atom is 0.163 e. The maximum atomic E-state index is 5.00. The van der Waals surface area contributed by atoms with E-state index in [1.807, 2.05) is 30.6 Å². The summed E-state index contributed by atoms with van der Waals surface area (Å²) in [6.07, 6.45) is 3.55. The second kappa shape index (κ2) is 6.02. The lowest BCUT2D eigenvalue weighted by molar-refractivity contribution is 0.895. The molecule has 1 N–H and O–H groups in total. The third-order valence-corrected chi connectivity index (χ3v) is 5.19. The van der Waals surface area contributed by atoms with Gasteiger partial charge in [0.15, 0.2) is 11.9 Å². The molecule has 0 saturated heterocycles.